The van der Waals surface area contributed by atoms with Gasteiger partial charge < -0.3 is 14.0 Å². The molecule has 0 amide bonds. The van der Waals surface area contributed by atoms with Gasteiger partial charge in [-0.2, -0.15) is 0 Å². The highest BCUT2D eigenvalue weighted by Crippen LogP contribution is 2.59. The lowest BCUT2D eigenvalue weighted by Crippen LogP contribution is -2.31. The van der Waals surface area contributed by atoms with Gasteiger partial charge in [-0.3, -0.25) is 0 Å². The van der Waals surface area contributed by atoms with E-state index in [2.05, 4.69) is 266 Å². The highest BCUT2D eigenvalue weighted by molar-refractivity contribution is 6.26. The van der Waals surface area contributed by atoms with E-state index in [-0.39, 0.29) is 10.8 Å². The number of fused-ring (bicyclic) bond motifs is 18. The molecule has 3 heteroatoms. The summed E-state index contributed by atoms with van der Waals surface area (Å²) in [6.07, 6.45) is 0. The fourth-order valence-electron chi connectivity index (χ4n) is 13.7. The molecule has 1 aliphatic heterocycles. The van der Waals surface area contributed by atoms with Crippen molar-refractivity contribution < 1.29 is 0 Å². The molecule has 0 saturated heterocycles. The zero-order valence-electron chi connectivity index (χ0n) is 41.2. The number of aromatic nitrogens is 2. The summed E-state index contributed by atoms with van der Waals surface area (Å²) in [5.74, 6) is 0. The molecule has 2 aliphatic rings. The average molecular weight is 932 g/mol. The maximum absolute atomic E-state index is 2.58. The summed E-state index contributed by atoms with van der Waals surface area (Å²) in [5.41, 5.74) is 18.2. The Kier molecular flexibility index (Phi) is 8.02. The first-order valence-electron chi connectivity index (χ1n) is 25.8. The summed E-state index contributed by atoms with van der Waals surface area (Å²) in [6, 6.07) is 84.7. The predicted molar refractivity (Wildman–Crippen MR) is 310 cm³/mol. The van der Waals surface area contributed by atoms with Gasteiger partial charge in [0.2, 0.25) is 0 Å². The van der Waals surface area contributed by atoms with Crippen LogP contribution in [-0.4, -0.2) is 9.13 Å². The van der Waals surface area contributed by atoms with E-state index in [9.17, 15) is 0 Å². The number of benzene rings is 12. The lowest BCUT2D eigenvalue weighted by Gasteiger charge is -2.43. The van der Waals surface area contributed by atoms with Gasteiger partial charge in [-0.05, 0) is 167 Å². The van der Waals surface area contributed by atoms with Gasteiger partial charge in [-0.1, -0.05) is 161 Å². The molecule has 0 fully saturated rings. The summed E-state index contributed by atoms with van der Waals surface area (Å²) >= 11 is 0. The molecule has 344 valence electrons. The molecule has 0 unspecified atom stereocenters. The van der Waals surface area contributed by atoms with Gasteiger partial charge >= 0.3 is 0 Å². The maximum atomic E-state index is 2.58. The standard InChI is InChI=1S/C70H49N3/c1-69(2)59-39-55-50-25-10-8-23-48(50)47-22-7-9-24-49(47)54(55)38-56(59)57-40-62-68(41-60(57)69)73(67-35-43-19-6-5-18-42(43)34-61(67)70(62,3)4)45-21-17-20-44(36-45)71-65-31-16-13-28-53(65)58-37-46(32-33-66(58)71)72-63-29-14-11-26-51(63)52-27-12-15-30-64(52)72/h5-41H,1-4H3. The summed E-state index contributed by atoms with van der Waals surface area (Å²) in [5, 5.41) is 15.4. The zero-order chi connectivity index (χ0) is 48.5. The minimum Gasteiger partial charge on any atom is -0.310 e. The second kappa shape index (κ2) is 14.4. The van der Waals surface area contributed by atoms with Crippen LogP contribution in [0.25, 0.3) is 109 Å². The van der Waals surface area contributed by atoms with E-state index in [4.69, 9.17) is 0 Å². The van der Waals surface area contributed by atoms with Crippen molar-refractivity contribution in [3.05, 3.63) is 247 Å². The summed E-state index contributed by atoms with van der Waals surface area (Å²) in [4.78, 5) is 2.58. The van der Waals surface area contributed by atoms with Crippen LogP contribution in [0.5, 0.6) is 0 Å². The monoisotopic (exact) mass is 931 g/mol. The second-order valence-electron chi connectivity index (χ2n) is 21.7. The zero-order valence-corrected chi connectivity index (χ0v) is 41.2. The first-order chi connectivity index (χ1) is 35.7. The van der Waals surface area contributed by atoms with Crippen LogP contribution in [0.3, 0.4) is 0 Å². The molecule has 0 saturated carbocycles. The van der Waals surface area contributed by atoms with Crippen LogP contribution in [0.1, 0.15) is 49.9 Å². The Morgan fingerprint density at radius 2 is 0.685 bits per heavy atom. The van der Waals surface area contributed by atoms with Gasteiger partial charge in [0.05, 0.1) is 33.4 Å². The normalized spacial score (nSPS) is 14.5. The molecule has 2 aromatic heterocycles. The molecule has 0 spiro atoms. The molecule has 16 rings (SSSR count). The quantitative estimate of drug-likeness (QED) is 0.161. The van der Waals surface area contributed by atoms with Crippen molar-refractivity contribution in [3.8, 4) is 22.5 Å². The SMILES string of the molecule is CC1(C)c2cc3c(cc2-c2cc4c5ccccc5c5ccccc5c4cc21)C(C)(C)c1cc2ccccc2cc1N3c1cccc(-n2c3ccccc3c3cc(-n4c5ccccc5c5ccccc54)ccc32)c1. The Morgan fingerprint density at radius 1 is 0.260 bits per heavy atom. The third-order valence-corrected chi connectivity index (χ3v) is 17.2. The Labute approximate surface area is 423 Å². The van der Waals surface area contributed by atoms with Crippen molar-refractivity contribution in [1.82, 2.24) is 9.13 Å². The number of rotatable bonds is 3. The van der Waals surface area contributed by atoms with E-state index in [1.807, 2.05) is 0 Å². The van der Waals surface area contributed by atoms with Crippen LogP contribution in [0.2, 0.25) is 0 Å². The number of hydrogen-bond donors (Lipinski definition) is 0. The molecule has 12 aromatic carbocycles. The minimum atomic E-state index is -0.300. The highest BCUT2D eigenvalue weighted by atomic mass is 15.2. The first kappa shape index (κ1) is 40.8. The molecule has 0 radical (unpaired) electrons. The molecule has 0 bridgehead atoms. The Hall–Kier alpha value is -8.92. The maximum Gasteiger partial charge on any atom is 0.0542 e. The third-order valence-electron chi connectivity index (χ3n) is 17.2. The molecule has 3 heterocycles. The lowest BCUT2D eigenvalue weighted by molar-refractivity contribution is 0.628. The number of hydrogen-bond acceptors (Lipinski definition) is 1. The van der Waals surface area contributed by atoms with Crippen LogP contribution in [0.4, 0.5) is 17.1 Å². The molecular weight excluding hydrogens is 883 g/mol. The molecule has 73 heavy (non-hydrogen) atoms. The van der Waals surface area contributed by atoms with E-state index in [1.165, 1.54) is 131 Å². The number of para-hydroxylation sites is 3. The van der Waals surface area contributed by atoms with Crippen LogP contribution < -0.4 is 4.90 Å². The summed E-state index contributed by atoms with van der Waals surface area (Å²) < 4.78 is 4.90. The topological polar surface area (TPSA) is 13.1 Å². The van der Waals surface area contributed by atoms with Crippen LogP contribution in [-0.2, 0) is 10.8 Å². The average Bonchev–Trinajstić information content (AvgIpc) is 4.02. The number of nitrogens with zero attached hydrogens (tertiary/aromatic N) is 3. The summed E-state index contributed by atoms with van der Waals surface area (Å²) in [6.45, 7) is 9.75. The van der Waals surface area contributed by atoms with E-state index < -0.39 is 0 Å². The smallest absolute Gasteiger partial charge is 0.0542 e. The number of anilines is 3. The second-order valence-corrected chi connectivity index (χ2v) is 21.7. The van der Waals surface area contributed by atoms with Crippen molar-refractivity contribution in [3.63, 3.8) is 0 Å². The van der Waals surface area contributed by atoms with Gasteiger partial charge in [-0.15, -0.1) is 0 Å². The van der Waals surface area contributed by atoms with E-state index >= 15 is 0 Å². The fourth-order valence-corrected chi connectivity index (χ4v) is 13.7. The Bertz CT molecular complexity index is 4700. The largest absolute Gasteiger partial charge is 0.310 e. The van der Waals surface area contributed by atoms with Crippen molar-refractivity contribution in [2.75, 3.05) is 4.90 Å². The molecule has 0 N–H and O–H groups in total. The van der Waals surface area contributed by atoms with Crippen molar-refractivity contribution >= 4 is 104 Å². The van der Waals surface area contributed by atoms with Gasteiger partial charge in [-0.25, -0.2) is 0 Å². The Balaban J connectivity index is 0.915. The minimum absolute atomic E-state index is 0.247. The fraction of sp³-hybridized carbons (Fsp3) is 0.0857. The Morgan fingerprint density at radius 3 is 1.32 bits per heavy atom. The van der Waals surface area contributed by atoms with Crippen molar-refractivity contribution in [2.24, 2.45) is 0 Å². The molecule has 0 atom stereocenters. The predicted octanol–water partition coefficient (Wildman–Crippen LogP) is 18.9. The van der Waals surface area contributed by atoms with Gasteiger partial charge in [0, 0.05) is 49.4 Å². The summed E-state index contributed by atoms with van der Waals surface area (Å²) in [7, 11) is 0. The van der Waals surface area contributed by atoms with Crippen molar-refractivity contribution in [2.45, 2.75) is 38.5 Å². The molecule has 1 aliphatic carbocycles. The van der Waals surface area contributed by atoms with E-state index in [1.54, 1.807) is 0 Å². The van der Waals surface area contributed by atoms with Crippen LogP contribution in [0, 0.1) is 0 Å². The van der Waals surface area contributed by atoms with Gasteiger partial charge in [0.15, 0.2) is 0 Å². The van der Waals surface area contributed by atoms with Gasteiger partial charge in [0.25, 0.3) is 0 Å². The van der Waals surface area contributed by atoms with Gasteiger partial charge in [0.1, 0.15) is 0 Å². The molecule has 3 nitrogen and oxygen atoms in total. The third kappa shape index (κ3) is 5.44. The van der Waals surface area contributed by atoms with Crippen LogP contribution in [0.15, 0.2) is 224 Å². The highest BCUT2D eigenvalue weighted by Gasteiger charge is 2.43. The molecular formula is C70H49N3. The van der Waals surface area contributed by atoms with Crippen molar-refractivity contribution in [1.29, 1.82) is 0 Å². The van der Waals surface area contributed by atoms with E-state index in [0.29, 0.717) is 0 Å². The van der Waals surface area contributed by atoms with Crippen LogP contribution >= 0.6 is 0 Å². The molecule has 14 aromatic rings. The lowest BCUT2D eigenvalue weighted by atomic mass is 9.71. The van der Waals surface area contributed by atoms with E-state index in [0.717, 1.165) is 17.1 Å². The first-order valence-corrected chi connectivity index (χ1v) is 25.8.